The lowest BCUT2D eigenvalue weighted by Gasteiger charge is -2.02. The highest BCUT2D eigenvalue weighted by Gasteiger charge is 2.03. The van der Waals surface area contributed by atoms with Gasteiger partial charge in [-0.2, -0.15) is 0 Å². The fourth-order valence-electron chi connectivity index (χ4n) is 1.21. The van der Waals surface area contributed by atoms with Crippen LogP contribution in [0.15, 0.2) is 24.3 Å². The van der Waals surface area contributed by atoms with Crippen molar-refractivity contribution in [2.24, 2.45) is 0 Å². The van der Waals surface area contributed by atoms with Gasteiger partial charge in [0, 0.05) is 18.1 Å². The van der Waals surface area contributed by atoms with E-state index in [4.69, 9.17) is 16.3 Å². The molecule has 0 fully saturated rings. The predicted octanol–water partition coefficient (Wildman–Crippen LogP) is 2.88. The summed E-state index contributed by atoms with van der Waals surface area (Å²) in [4.78, 5) is 11.4. The van der Waals surface area contributed by atoms with Gasteiger partial charge in [-0.25, -0.2) is 0 Å². The number of ketones is 1. The van der Waals surface area contributed by atoms with Crippen molar-refractivity contribution in [1.29, 1.82) is 0 Å². The number of hydrogen-bond donors (Lipinski definition) is 0. The molecule has 0 saturated carbocycles. The molecular formula is C12H15ClO2. The first kappa shape index (κ1) is 12.2. The minimum Gasteiger partial charge on any atom is -0.374 e. The Labute approximate surface area is 95.2 Å². The standard InChI is InChI=1S/C12H15ClO2/c1-2-7-15-9-12(14)8-10-3-5-11(13)6-4-10/h3-6H,2,7-9H2,1H3. The van der Waals surface area contributed by atoms with Gasteiger partial charge in [0.1, 0.15) is 6.61 Å². The quantitative estimate of drug-likeness (QED) is 0.698. The molecular weight excluding hydrogens is 212 g/mol. The number of carbonyl (C=O) groups is 1. The van der Waals surface area contributed by atoms with Gasteiger partial charge in [-0.3, -0.25) is 4.79 Å². The van der Waals surface area contributed by atoms with Crippen LogP contribution in [0.3, 0.4) is 0 Å². The van der Waals surface area contributed by atoms with Gasteiger partial charge in [0.2, 0.25) is 0 Å². The summed E-state index contributed by atoms with van der Waals surface area (Å²) in [5.74, 6) is 0.103. The Balaban J connectivity index is 2.34. The molecule has 0 aromatic heterocycles. The van der Waals surface area contributed by atoms with Crippen molar-refractivity contribution in [3.05, 3.63) is 34.9 Å². The smallest absolute Gasteiger partial charge is 0.162 e. The Morgan fingerprint density at radius 1 is 1.33 bits per heavy atom. The number of rotatable bonds is 6. The van der Waals surface area contributed by atoms with Crippen molar-refractivity contribution in [1.82, 2.24) is 0 Å². The molecule has 1 rings (SSSR count). The van der Waals surface area contributed by atoms with Crippen molar-refractivity contribution in [3.8, 4) is 0 Å². The van der Waals surface area contributed by atoms with E-state index in [0.29, 0.717) is 18.1 Å². The topological polar surface area (TPSA) is 26.3 Å². The van der Waals surface area contributed by atoms with E-state index in [-0.39, 0.29) is 12.4 Å². The molecule has 15 heavy (non-hydrogen) atoms. The zero-order valence-electron chi connectivity index (χ0n) is 8.83. The van der Waals surface area contributed by atoms with E-state index < -0.39 is 0 Å². The third-order valence-corrected chi connectivity index (χ3v) is 2.18. The fourth-order valence-corrected chi connectivity index (χ4v) is 1.34. The van der Waals surface area contributed by atoms with Crippen LogP contribution in [0.4, 0.5) is 0 Å². The van der Waals surface area contributed by atoms with Gasteiger partial charge >= 0.3 is 0 Å². The van der Waals surface area contributed by atoms with E-state index >= 15 is 0 Å². The Morgan fingerprint density at radius 3 is 2.60 bits per heavy atom. The average Bonchev–Trinajstić information content (AvgIpc) is 2.22. The number of benzene rings is 1. The Bertz CT molecular complexity index is 306. The third-order valence-electron chi connectivity index (χ3n) is 1.93. The van der Waals surface area contributed by atoms with Gasteiger partial charge < -0.3 is 4.74 Å². The molecule has 0 heterocycles. The molecule has 0 saturated heterocycles. The minimum absolute atomic E-state index is 0.103. The van der Waals surface area contributed by atoms with Crippen molar-refractivity contribution < 1.29 is 9.53 Å². The third kappa shape index (κ3) is 4.96. The first-order valence-electron chi connectivity index (χ1n) is 5.06. The molecule has 0 bridgehead atoms. The summed E-state index contributed by atoms with van der Waals surface area (Å²) in [6.45, 7) is 2.87. The molecule has 0 amide bonds. The summed E-state index contributed by atoms with van der Waals surface area (Å²) < 4.78 is 5.16. The van der Waals surface area contributed by atoms with E-state index in [9.17, 15) is 4.79 Å². The first-order chi connectivity index (χ1) is 7.22. The Hall–Kier alpha value is -0.860. The normalized spacial score (nSPS) is 10.3. The lowest BCUT2D eigenvalue weighted by molar-refractivity contribution is -0.122. The molecule has 0 N–H and O–H groups in total. The second kappa shape index (κ2) is 6.59. The van der Waals surface area contributed by atoms with Gasteiger partial charge in [-0.05, 0) is 24.1 Å². The maximum absolute atomic E-state index is 11.4. The first-order valence-corrected chi connectivity index (χ1v) is 5.44. The van der Waals surface area contributed by atoms with Gasteiger partial charge in [0.15, 0.2) is 5.78 Å². The van der Waals surface area contributed by atoms with Crippen LogP contribution in [-0.2, 0) is 16.0 Å². The van der Waals surface area contributed by atoms with Crippen LogP contribution in [0.2, 0.25) is 5.02 Å². The van der Waals surface area contributed by atoms with Crippen LogP contribution in [0.25, 0.3) is 0 Å². The molecule has 0 aliphatic heterocycles. The van der Waals surface area contributed by atoms with E-state index in [2.05, 4.69) is 0 Å². The van der Waals surface area contributed by atoms with Crippen molar-refractivity contribution in [2.75, 3.05) is 13.2 Å². The highest BCUT2D eigenvalue weighted by molar-refractivity contribution is 6.30. The van der Waals surface area contributed by atoms with Crippen molar-refractivity contribution in [3.63, 3.8) is 0 Å². The number of Topliss-reactive ketones (excluding diaryl/α,β-unsaturated/α-hetero) is 1. The second-order valence-corrected chi connectivity index (χ2v) is 3.83. The summed E-state index contributed by atoms with van der Waals surface area (Å²) in [7, 11) is 0. The summed E-state index contributed by atoms with van der Waals surface area (Å²) in [6, 6.07) is 7.30. The second-order valence-electron chi connectivity index (χ2n) is 3.39. The summed E-state index contributed by atoms with van der Waals surface area (Å²) in [5.41, 5.74) is 0.976. The van der Waals surface area contributed by atoms with Gasteiger partial charge in [0.05, 0.1) is 0 Å². The van der Waals surface area contributed by atoms with Gasteiger partial charge in [0.25, 0.3) is 0 Å². The lowest BCUT2D eigenvalue weighted by atomic mass is 10.1. The monoisotopic (exact) mass is 226 g/mol. The largest absolute Gasteiger partial charge is 0.374 e. The fraction of sp³-hybridized carbons (Fsp3) is 0.417. The van der Waals surface area contributed by atoms with Crippen LogP contribution in [0, 0.1) is 0 Å². The van der Waals surface area contributed by atoms with E-state index in [0.717, 1.165) is 12.0 Å². The molecule has 82 valence electrons. The Kier molecular flexibility index (Phi) is 5.37. The van der Waals surface area contributed by atoms with Crippen LogP contribution in [-0.4, -0.2) is 19.0 Å². The lowest BCUT2D eigenvalue weighted by Crippen LogP contribution is -2.11. The molecule has 2 nitrogen and oxygen atoms in total. The maximum atomic E-state index is 11.4. The molecule has 0 aliphatic rings. The van der Waals surface area contributed by atoms with Crippen LogP contribution in [0.1, 0.15) is 18.9 Å². The highest BCUT2D eigenvalue weighted by Crippen LogP contribution is 2.10. The van der Waals surface area contributed by atoms with Crippen LogP contribution >= 0.6 is 11.6 Å². The zero-order chi connectivity index (χ0) is 11.1. The Morgan fingerprint density at radius 2 is 2.00 bits per heavy atom. The highest BCUT2D eigenvalue weighted by atomic mass is 35.5. The van der Waals surface area contributed by atoms with E-state index in [1.807, 2.05) is 19.1 Å². The maximum Gasteiger partial charge on any atom is 0.162 e. The molecule has 0 spiro atoms. The molecule has 0 atom stereocenters. The number of ether oxygens (including phenoxy) is 1. The number of hydrogen-bond acceptors (Lipinski definition) is 2. The molecule has 1 aromatic carbocycles. The summed E-state index contributed by atoms with van der Waals surface area (Å²) in [6.07, 6.45) is 1.36. The number of halogens is 1. The number of carbonyl (C=O) groups excluding carboxylic acids is 1. The summed E-state index contributed by atoms with van der Waals surface area (Å²) in [5, 5.41) is 0.688. The predicted molar refractivity (Wildman–Crippen MR) is 61.3 cm³/mol. The van der Waals surface area contributed by atoms with Gasteiger partial charge in [-0.1, -0.05) is 30.7 Å². The molecule has 1 aromatic rings. The molecule has 0 unspecified atom stereocenters. The van der Waals surface area contributed by atoms with Crippen molar-refractivity contribution >= 4 is 17.4 Å². The molecule has 0 aliphatic carbocycles. The summed E-state index contributed by atoms with van der Waals surface area (Å²) >= 11 is 5.74. The molecule has 0 radical (unpaired) electrons. The zero-order valence-corrected chi connectivity index (χ0v) is 9.59. The van der Waals surface area contributed by atoms with Crippen molar-refractivity contribution in [2.45, 2.75) is 19.8 Å². The van der Waals surface area contributed by atoms with E-state index in [1.54, 1.807) is 12.1 Å². The average molecular weight is 227 g/mol. The minimum atomic E-state index is 0.103. The molecule has 3 heteroatoms. The van der Waals surface area contributed by atoms with Gasteiger partial charge in [-0.15, -0.1) is 0 Å². The van der Waals surface area contributed by atoms with E-state index in [1.165, 1.54) is 0 Å². The van der Waals surface area contributed by atoms with Crippen LogP contribution in [0.5, 0.6) is 0 Å². The van der Waals surface area contributed by atoms with Crippen LogP contribution < -0.4 is 0 Å². The SMILES string of the molecule is CCCOCC(=O)Cc1ccc(Cl)cc1.